The molecule has 21 heavy (non-hydrogen) atoms. The number of nitrogens with zero attached hydrogens (tertiary/aromatic N) is 3. The molecule has 1 heterocycles. The highest BCUT2D eigenvalue weighted by Gasteiger charge is 2.11. The van der Waals surface area contributed by atoms with E-state index in [0.29, 0.717) is 38.1 Å². The van der Waals surface area contributed by atoms with Gasteiger partial charge in [-0.1, -0.05) is 0 Å². The van der Waals surface area contributed by atoms with Crippen LogP contribution in [-0.2, 0) is 20.8 Å². The summed E-state index contributed by atoms with van der Waals surface area (Å²) < 4.78 is 15.6. The van der Waals surface area contributed by atoms with Gasteiger partial charge in [-0.3, -0.25) is 0 Å². The van der Waals surface area contributed by atoms with Crippen LogP contribution in [0.4, 0.5) is 11.6 Å². The van der Waals surface area contributed by atoms with Crippen LogP contribution in [0.5, 0.6) is 0 Å². The average Bonchev–Trinajstić information content (AvgIpc) is 2.48. The molecule has 7 heteroatoms. The van der Waals surface area contributed by atoms with E-state index in [0.717, 1.165) is 25.3 Å². The maximum Gasteiger partial charge on any atom is 0.158 e. The van der Waals surface area contributed by atoms with E-state index >= 15 is 0 Å². The summed E-state index contributed by atoms with van der Waals surface area (Å²) in [5.74, 6) is 1.84. The van der Waals surface area contributed by atoms with Crippen molar-refractivity contribution in [2.45, 2.75) is 20.0 Å². The van der Waals surface area contributed by atoms with Gasteiger partial charge in [0.2, 0.25) is 0 Å². The summed E-state index contributed by atoms with van der Waals surface area (Å²) in [5, 5.41) is 0. The van der Waals surface area contributed by atoms with Gasteiger partial charge in [0, 0.05) is 46.6 Å². The molecule has 120 valence electrons. The lowest BCUT2D eigenvalue weighted by atomic mass is 10.3. The Labute approximate surface area is 126 Å². The van der Waals surface area contributed by atoms with Crippen molar-refractivity contribution in [1.82, 2.24) is 9.97 Å². The molecule has 0 saturated heterocycles. The number of methoxy groups -OCH3 is 2. The van der Waals surface area contributed by atoms with Crippen molar-refractivity contribution in [2.24, 2.45) is 0 Å². The van der Waals surface area contributed by atoms with E-state index in [-0.39, 0.29) is 0 Å². The fraction of sp³-hybridized carbons (Fsp3) is 0.714. The third-order valence-corrected chi connectivity index (χ3v) is 2.88. The zero-order valence-corrected chi connectivity index (χ0v) is 13.2. The van der Waals surface area contributed by atoms with E-state index in [2.05, 4.69) is 14.9 Å². The smallest absolute Gasteiger partial charge is 0.158 e. The number of anilines is 2. The molecular weight excluding hydrogens is 272 g/mol. The second-order valence-electron chi connectivity index (χ2n) is 4.53. The standard InChI is InChI=1S/C14H26N4O3/c1-4-21-11-13-16-12(15)10-14(17-13)18(7-9-20-3)6-5-8-19-2/h10H,4-9,11H2,1-3H3,(H2,15,16,17). The third-order valence-electron chi connectivity index (χ3n) is 2.88. The summed E-state index contributed by atoms with van der Waals surface area (Å²) in [4.78, 5) is 10.8. The minimum absolute atomic E-state index is 0.366. The zero-order valence-electron chi connectivity index (χ0n) is 13.2. The summed E-state index contributed by atoms with van der Waals surface area (Å²) in [6.07, 6.45) is 0.908. The minimum Gasteiger partial charge on any atom is -0.385 e. The first-order chi connectivity index (χ1) is 10.2. The van der Waals surface area contributed by atoms with Crippen LogP contribution >= 0.6 is 0 Å². The highest BCUT2D eigenvalue weighted by atomic mass is 16.5. The quantitative estimate of drug-likeness (QED) is 0.612. The fourth-order valence-corrected chi connectivity index (χ4v) is 1.87. The predicted molar refractivity (Wildman–Crippen MR) is 82.4 cm³/mol. The van der Waals surface area contributed by atoms with Crippen LogP contribution < -0.4 is 10.6 Å². The number of aromatic nitrogens is 2. The van der Waals surface area contributed by atoms with Gasteiger partial charge >= 0.3 is 0 Å². The monoisotopic (exact) mass is 298 g/mol. The molecule has 1 aromatic rings. The minimum atomic E-state index is 0.366. The number of nitrogen functional groups attached to an aromatic ring is 1. The van der Waals surface area contributed by atoms with Gasteiger partial charge < -0.3 is 24.8 Å². The Morgan fingerprint density at radius 3 is 2.57 bits per heavy atom. The van der Waals surface area contributed by atoms with E-state index < -0.39 is 0 Å². The molecule has 1 aromatic heterocycles. The van der Waals surface area contributed by atoms with E-state index in [9.17, 15) is 0 Å². The van der Waals surface area contributed by atoms with Gasteiger partial charge in [-0.25, -0.2) is 9.97 Å². The average molecular weight is 298 g/mol. The van der Waals surface area contributed by atoms with Crippen molar-refractivity contribution in [3.63, 3.8) is 0 Å². The van der Waals surface area contributed by atoms with Gasteiger partial charge in [0.15, 0.2) is 5.82 Å². The Morgan fingerprint density at radius 2 is 1.90 bits per heavy atom. The first-order valence-corrected chi connectivity index (χ1v) is 7.15. The topological polar surface area (TPSA) is 82.7 Å². The largest absolute Gasteiger partial charge is 0.385 e. The van der Waals surface area contributed by atoms with Crippen molar-refractivity contribution < 1.29 is 14.2 Å². The van der Waals surface area contributed by atoms with Crippen molar-refractivity contribution in [3.05, 3.63) is 11.9 Å². The fourth-order valence-electron chi connectivity index (χ4n) is 1.87. The molecule has 0 amide bonds. The number of ether oxygens (including phenoxy) is 3. The van der Waals surface area contributed by atoms with Crippen molar-refractivity contribution in [1.29, 1.82) is 0 Å². The maximum atomic E-state index is 5.86. The van der Waals surface area contributed by atoms with Crippen LogP contribution in [0.3, 0.4) is 0 Å². The molecule has 1 rings (SSSR count). The predicted octanol–water partition coefficient (Wildman–Crippen LogP) is 1.08. The van der Waals surface area contributed by atoms with Crippen LogP contribution in [0.2, 0.25) is 0 Å². The van der Waals surface area contributed by atoms with Gasteiger partial charge in [-0.15, -0.1) is 0 Å². The second kappa shape index (κ2) is 10.3. The SMILES string of the molecule is CCOCc1nc(N)cc(N(CCCOC)CCOC)n1. The van der Waals surface area contributed by atoms with Crippen molar-refractivity contribution in [2.75, 3.05) is 57.8 Å². The van der Waals surface area contributed by atoms with E-state index in [4.69, 9.17) is 19.9 Å². The van der Waals surface area contributed by atoms with E-state index in [1.165, 1.54) is 0 Å². The lowest BCUT2D eigenvalue weighted by Gasteiger charge is -2.24. The normalized spacial score (nSPS) is 10.8. The second-order valence-corrected chi connectivity index (χ2v) is 4.53. The lowest BCUT2D eigenvalue weighted by molar-refractivity contribution is 0.128. The number of nitrogens with two attached hydrogens (primary N) is 1. The number of hydrogen-bond donors (Lipinski definition) is 1. The Kier molecular flexibility index (Phi) is 8.65. The molecule has 7 nitrogen and oxygen atoms in total. The highest BCUT2D eigenvalue weighted by Crippen LogP contribution is 2.15. The maximum absolute atomic E-state index is 5.86. The third kappa shape index (κ3) is 6.70. The Morgan fingerprint density at radius 1 is 1.14 bits per heavy atom. The molecule has 0 fully saturated rings. The molecule has 0 aliphatic rings. The van der Waals surface area contributed by atoms with Crippen LogP contribution in [0.1, 0.15) is 19.2 Å². The summed E-state index contributed by atoms with van der Waals surface area (Å²) in [6.45, 7) is 5.81. The number of rotatable bonds is 11. The Hall–Kier alpha value is -1.44. The molecule has 0 unspecified atom stereocenters. The van der Waals surface area contributed by atoms with Crippen molar-refractivity contribution in [3.8, 4) is 0 Å². The lowest BCUT2D eigenvalue weighted by Crippen LogP contribution is -2.30. The van der Waals surface area contributed by atoms with Crippen molar-refractivity contribution >= 4 is 11.6 Å². The molecular formula is C14H26N4O3. The summed E-state index contributed by atoms with van der Waals surface area (Å²) in [6, 6.07) is 1.78. The van der Waals surface area contributed by atoms with Gasteiger partial charge in [-0.05, 0) is 13.3 Å². The molecule has 2 N–H and O–H groups in total. The van der Waals surface area contributed by atoms with Crippen LogP contribution in [0, 0.1) is 0 Å². The molecule has 0 aliphatic carbocycles. The summed E-state index contributed by atoms with van der Waals surface area (Å²) in [5.41, 5.74) is 5.86. The summed E-state index contributed by atoms with van der Waals surface area (Å²) in [7, 11) is 3.38. The molecule has 0 saturated carbocycles. The molecule has 0 atom stereocenters. The molecule has 0 radical (unpaired) electrons. The van der Waals surface area contributed by atoms with Gasteiger partial charge in [0.1, 0.15) is 18.2 Å². The zero-order chi connectivity index (χ0) is 15.5. The van der Waals surface area contributed by atoms with E-state index in [1.54, 1.807) is 20.3 Å². The Balaban J connectivity index is 2.80. The molecule has 0 bridgehead atoms. The van der Waals surface area contributed by atoms with E-state index in [1.807, 2.05) is 6.92 Å². The Bertz CT molecular complexity index is 404. The van der Waals surface area contributed by atoms with Gasteiger partial charge in [0.25, 0.3) is 0 Å². The first kappa shape index (κ1) is 17.6. The summed E-state index contributed by atoms with van der Waals surface area (Å²) >= 11 is 0. The van der Waals surface area contributed by atoms with Gasteiger partial charge in [0.05, 0.1) is 6.61 Å². The molecule has 0 aromatic carbocycles. The first-order valence-electron chi connectivity index (χ1n) is 7.15. The van der Waals surface area contributed by atoms with Crippen LogP contribution in [-0.4, -0.2) is 57.1 Å². The number of hydrogen-bond acceptors (Lipinski definition) is 7. The highest BCUT2D eigenvalue weighted by molar-refractivity contribution is 5.47. The van der Waals surface area contributed by atoms with Crippen LogP contribution in [0.25, 0.3) is 0 Å². The molecule has 0 spiro atoms. The van der Waals surface area contributed by atoms with Crippen LogP contribution in [0.15, 0.2) is 6.07 Å². The van der Waals surface area contributed by atoms with Gasteiger partial charge in [-0.2, -0.15) is 0 Å². The molecule has 0 aliphatic heterocycles.